The molecule has 0 aromatic heterocycles. The van der Waals surface area contributed by atoms with E-state index in [4.69, 9.17) is 9.47 Å². The van der Waals surface area contributed by atoms with Crippen molar-refractivity contribution >= 4 is 5.78 Å². The van der Waals surface area contributed by atoms with E-state index in [9.17, 15) is 25.2 Å². The van der Waals surface area contributed by atoms with Gasteiger partial charge in [0.2, 0.25) is 5.78 Å². The molecular formula is C26H30O7. The maximum absolute atomic E-state index is 13.2. The quantitative estimate of drug-likeness (QED) is 0.453. The number of Topliss-reactive ketones (excluding diaryl/α,β-unsaturated/α-hetero) is 1. The molecule has 0 saturated heterocycles. The number of phenols is 3. The minimum absolute atomic E-state index is 0.0330. The van der Waals surface area contributed by atoms with Crippen molar-refractivity contribution in [3.63, 3.8) is 0 Å². The molecule has 0 fully saturated rings. The highest BCUT2D eigenvalue weighted by atomic mass is 16.5. The molecule has 176 valence electrons. The SMILES string of the molecule is C=C(C)C(CC=C(C)C)Cc1c(O)cc(OC)c2c1OC(c1ccc(O)cc1O)[C@H](O)C2=O. The Morgan fingerprint density at radius 3 is 2.45 bits per heavy atom. The number of carbonyl (C=O) groups is 1. The zero-order chi connectivity index (χ0) is 24.4. The van der Waals surface area contributed by atoms with Crippen LogP contribution in [0.25, 0.3) is 0 Å². The molecule has 3 rings (SSSR count). The summed E-state index contributed by atoms with van der Waals surface area (Å²) in [5.41, 5.74) is 2.62. The Hall–Kier alpha value is -3.45. The highest BCUT2D eigenvalue weighted by Gasteiger charge is 2.42. The third kappa shape index (κ3) is 4.83. The zero-order valence-electron chi connectivity index (χ0n) is 19.3. The van der Waals surface area contributed by atoms with Gasteiger partial charge in [-0.2, -0.15) is 0 Å². The fourth-order valence-corrected chi connectivity index (χ4v) is 3.95. The second-order valence-corrected chi connectivity index (χ2v) is 8.64. The first kappa shape index (κ1) is 24.2. The van der Waals surface area contributed by atoms with Crippen LogP contribution in [-0.2, 0) is 6.42 Å². The van der Waals surface area contributed by atoms with E-state index in [0.717, 1.165) is 17.2 Å². The van der Waals surface area contributed by atoms with Gasteiger partial charge in [-0.1, -0.05) is 23.8 Å². The average Bonchev–Trinajstić information content (AvgIpc) is 2.74. The Morgan fingerprint density at radius 1 is 1.18 bits per heavy atom. The van der Waals surface area contributed by atoms with Crippen LogP contribution in [0.4, 0.5) is 0 Å². The lowest BCUT2D eigenvalue weighted by Gasteiger charge is -2.33. The molecule has 0 bridgehead atoms. The van der Waals surface area contributed by atoms with Crippen LogP contribution >= 0.6 is 0 Å². The highest BCUT2D eigenvalue weighted by molar-refractivity contribution is 6.06. The van der Waals surface area contributed by atoms with E-state index in [1.807, 2.05) is 20.8 Å². The largest absolute Gasteiger partial charge is 0.508 e. The van der Waals surface area contributed by atoms with Crippen LogP contribution in [0.2, 0.25) is 0 Å². The number of carbonyl (C=O) groups excluding carboxylic acids is 1. The molecule has 4 N–H and O–H groups in total. The summed E-state index contributed by atoms with van der Waals surface area (Å²) in [6.07, 6.45) is 0.254. The Morgan fingerprint density at radius 2 is 1.88 bits per heavy atom. The second kappa shape index (κ2) is 9.58. The predicted octanol–water partition coefficient (Wildman–Crippen LogP) is 4.58. The number of aromatic hydroxyl groups is 3. The molecule has 1 aliphatic heterocycles. The molecule has 0 aliphatic carbocycles. The fraction of sp³-hybridized carbons (Fsp3) is 0.346. The molecular weight excluding hydrogens is 424 g/mol. The predicted molar refractivity (Wildman–Crippen MR) is 124 cm³/mol. The van der Waals surface area contributed by atoms with E-state index in [0.29, 0.717) is 18.4 Å². The van der Waals surface area contributed by atoms with Gasteiger partial charge in [-0.05, 0) is 51.7 Å². The lowest BCUT2D eigenvalue weighted by Crippen LogP contribution is -2.37. The summed E-state index contributed by atoms with van der Waals surface area (Å²) in [4.78, 5) is 13.2. The Balaban J connectivity index is 2.14. The lowest BCUT2D eigenvalue weighted by atomic mass is 9.85. The molecule has 0 amide bonds. The third-order valence-electron chi connectivity index (χ3n) is 5.87. The maximum Gasteiger partial charge on any atom is 0.202 e. The van der Waals surface area contributed by atoms with Gasteiger partial charge in [-0.15, -0.1) is 0 Å². The summed E-state index contributed by atoms with van der Waals surface area (Å²) in [6.45, 7) is 9.98. The van der Waals surface area contributed by atoms with E-state index < -0.39 is 18.0 Å². The summed E-state index contributed by atoms with van der Waals surface area (Å²) >= 11 is 0. The van der Waals surface area contributed by atoms with Crippen LogP contribution in [-0.4, -0.2) is 39.4 Å². The molecule has 0 spiro atoms. The molecule has 1 aliphatic rings. The summed E-state index contributed by atoms with van der Waals surface area (Å²) in [7, 11) is 1.36. The molecule has 33 heavy (non-hydrogen) atoms. The first-order valence-electron chi connectivity index (χ1n) is 10.7. The Kier molecular flexibility index (Phi) is 7.03. The van der Waals surface area contributed by atoms with Gasteiger partial charge in [0.25, 0.3) is 0 Å². The number of aliphatic hydroxyl groups is 1. The molecule has 2 aromatic rings. The van der Waals surface area contributed by atoms with Crippen molar-refractivity contribution in [2.45, 2.75) is 45.8 Å². The van der Waals surface area contributed by atoms with E-state index >= 15 is 0 Å². The average molecular weight is 455 g/mol. The molecule has 2 aromatic carbocycles. The van der Waals surface area contributed by atoms with Gasteiger partial charge in [0.05, 0.1) is 7.11 Å². The smallest absolute Gasteiger partial charge is 0.202 e. The molecule has 0 radical (unpaired) electrons. The number of phenolic OH excluding ortho intramolecular Hbond substituents is 3. The topological polar surface area (TPSA) is 116 Å². The summed E-state index contributed by atoms with van der Waals surface area (Å²) in [5.74, 6) is -1.10. The standard InChI is InChI=1S/C26H30O7/c1-13(2)6-7-15(14(3)4)10-18-20(29)12-21(32-5)22-23(30)24(31)26(33-25(18)22)17-9-8-16(27)11-19(17)28/h6,8-9,11-12,15,24,26-29,31H,3,7,10H2,1-2,4-5H3/t15?,24-,26?/m1/s1. The highest BCUT2D eigenvalue weighted by Crippen LogP contribution is 2.48. The number of hydrogen-bond acceptors (Lipinski definition) is 7. The summed E-state index contributed by atoms with van der Waals surface area (Å²) in [6, 6.07) is 5.15. The Bertz CT molecular complexity index is 1110. The second-order valence-electron chi connectivity index (χ2n) is 8.64. The van der Waals surface area contributed by atoms with Crippen molar-refractivity contribution in [2.75, 3.05) is 7.11 Å². The molecule has 7 heteroatoms. The Labute approximate surface area is 193 Å². The van der Waals surface area contributed by atoms with Crippen LogP contribution < -0.4 is 9.47 Å². The van der Waals surface area contributed by atoms with Gasteiger partial charge in [0.15, 0.2) is 12.2 Å². The molecule has 7 nitrogen and oxygen atoms in total. The number of benzene rings is 2. The van der Waals surface area contributed by atoms with E-state index in [-0.39, 0.29) is 45.8 Å². The van der Waals surface area contributed by atoms with Crippen molar-refractivity contribution in [1.29, 1.82) is 0 Å². The van der Waals surface area contributed by atoms with Crippen LogP contribution in [0.1, 0.15) is 54.8 Å². The number of rotatable bonds is 7. The van der Waals surface area contributed by atoms with Crippen molar-refractivity contribution in [2.24, 2.45) is 5.92 Å². The monoisotopic (exact) mass is 454 g/mol. The first-order chi connectivity index (χ1) is 15.5. The number of allylic oxidation sites excluding steroid dienone is 3. The van der Waals surface area contributed by atoms with Gasteiger partial charge in [0, 0.05) is 23.3 Å². The van der Waals surface area contributed by atoms with Gasteiger partial charge < -0.3 is 29.9 Å². The van der Waals surface area contributed by atoms with E-state index in [2.05, 4.69) is 12.7 Å². The third-order valence-corrected chi connectivity index (χ3v) is 5.87. The first-order valence-corrected chi connectivity index (χ1v) is 10.7. The lowest BCUT2D eigenvalue weighted by molar-refractivity contribution is 0.0197. The number of ketones is 1. The minimum atomic E-state index is -1.62. The van der Waals surface area contributed by atoms with Gasteiger partial charge >= 0.3 is 0 Å². The molecule has 2 unspecified atom stereocenters. The van der Waals surface area contributed by atoms with E-state index in [1.165, 1.54) is 25.3 Å². The van der Waals surface area contributed by atoms with Crippen LogP contribution in [0.5, 0.6) is 28.7 Å². The van der Waals surface area contributed by atoms with Gasteiger partial charge in [-0.3, -0.25) is 4.79 Å². The van der Waals surface area contributed by atoms with Crippen molar-refractivity contribution < 1.29 is 34.7 Å². The maximum atomic E-state index is 13.2. The number of methoxy groups -OCH3 is 1. The fourth-order valence-electron chi connectivity index (χ4n) is 3.95. The van der Waals surface area contributed by atoms with E-state index in [1.54, 1.807) is 0 Å². The van der Waals surface area contributed by atoms with Crippen molar-refractivity contribution in [3.05, 3.63) is 64.8 Å². The normalized spacial score (nSPS) is 18.2. The number of ether oxygens (including phenoxy) is 2. The van der Waals surface area contributed by atoms with Crippen LogP contribution in [0, 0.1) is 5.92 Å². The number of hydrogen-bond donors (Lipinski definition) is 4. The van der Waals surface area contributed by atoms with Crippen molar-refractivity contribution in [1.82, 2.24) is 0 Å². The van der Waals surface area contributed by atoms with Crippen molar-refractivity contribution in [3.8, 4) is 28.7 Å². The van der Waals surface area contributed by atoms with Crippen LogP contribution in [0.3, 0.4) is 0 Å². The number of aliphatic hydroxyl groups excluding tert-OH is 1. The van der Waals surface area contributed by atoms with Crippen LogP contribution in [0.15, 0.2) is 48.1 Å². The van der Waals surface area contributed by atoms with Gasteiger partial charge in [-0.25, -0.2) is 0 Å². The molecule has 3 atom stereocenters. The molecule has 0 saturated carbocycles. The summed E-state index contributed by atoms with van der Waals surface area (Å²) < 4.78 is 11.4. The molecule has 1 heterocycles. The zero-order valence-corrected chi connectivity index (χ0v) is 19.3. The number of fused-ring (bicyclic) bond motifs is 1. The summed E-state index contributed by atoms with van der Waals surface area (Å²) in [5, 5.41) is 41.5. The minimum Gasteiger partial charge on any atom is -0.508 e. The van der Waals surface area contributed by atoms with Gasteiger partial charge in [0.1, 0.15) is 34.3 Å².